The lowest BCUT2D eigenvalue weighted by atomic mass is 9.96. The Hall–Kier alpha value is -4.33. The third-order valence-corrected chi connectivity index (χ3v) is 5.24. The molecule has 0 aliphatic rings. The monoisotopic (exact) mass is 477 g/mol. The molecule has 0 spiro atoms. The minimum atomic E-state index is -4.57. The first-order chi connectivity index (χ1) is 16.8. The van der Waals surface area contributed by atoms with E-state index >= 15 is 0 Å². The quantitative estimate of drug-likeness (QED) is 0.331. The fourth-order valence-electron chi connectivity index (χ4n) is 3.52. The number of amides is 1. The van der Waals surface area contributed by atoms with Gasteiger partial charge in [0.1, 0.15) is 11.6 Å². The Labute approximate surface area is 200 Å². The molecule has 8 heteroatoms. The number of aromatic nitrogens is 1. The third-order valence-electron chi connectivity index (χ3n) is 5.24. The molecule has 0 saturated heterocycles. The number of hydrogen-bond acceptors (Lipinski definition) is 4. The van der Waals surface area contributed by atoms with Crippen molar-refractivity contribution in [1.82, 2.24) is 4.98 Å². The number of nitrogens with two attached hydrogens (primary N) is 1. The van der Waals surface area contributed by atoms with Gasteiger partial charge < -0.3 is 15.8 Å². The molecule has 35 heavy (non-hydrogen) atoms. The molecule has 178 valence electrons. The summed E-state index contributed by atoms with van der Waals surface area (Å²) in [5.74, 6) is 0.381. The lowest BCUT2D eigenvalue weighted by molar-refractivity contribution is -0.137. The number of nitrogens with one attached hydrogen (secondary N) is 1. The topological polar surface area (TPSA) is 77.2 Å². The summed E-state index contributed by atoms with van der Waals surface area (Å²) in [6.45, 7) is 0.382. The summed E-state index contributed by atoms with van der Waals surface area (Å²) < 4.78 is 45.6. The largest absolute Gasteiger partial charge is 0.493 e. The summed E-state index contributed by atoms with van der Waals surface area (Å²) in [6.07, 6.45) is -3.99. The second kappa shape index (κ2) is 10.3. The van der Waals surface area contributed by atoms with Gasteiger partial charge in [-0.25, -0.2) is 4.98 Å². The van der Waals surface area contributed by atoms with Crippen LogP contribution in [0.3, 0.4) is 0 Å². The molecule has 3 N–H and O–H groups in total. The second-order valence-corrected chi connectivity index (χ2v) is 7.75. The van der Waals surface area contributed by atoms with Gasteiger partial charge in [-0.15, -0.1) is 0 Å². The molecule has 3 aromatic carbocycles. The number of pyridine rings is 1. The van der Waals surface area contributed by atoms with Crippen molar-refractivity contribution in [2.45, 2.75) is 12.6 Å². The second-order valence-electron chi connectivity index (χ2n) is 7.75. The highest BCUT2D eigenvalue weighted by Crippen LogP contribution is 2.34. The molecule has 4 rings (SSSR count). The van der Waals surface area contributed by atoms with Crippen LogP contribution in [0.25, 0.3) is 11.1 Å². The first-order valence-electron chi connectivity index (χ1n) is 10.8. The zero-order valence-corrected chi connectivity index (χ0v) is 18.5. The van der Waals surface area contributed by atoms with Gasteiger partial charge in [-0.05, 0) is 59.7 Å². The van der Waals surface area contributed by atoms with Crippen molar-refractivity contribution in [2.75, 3.05) is 17.7 Å². The third kappa shape index (κ3) is 6.17. The smallest absolute Gasteiger partial charge is 0.416 e. The predicted octanol–water partition coefficient (Wildman–Crippen LogP) is 6.22. The fraction of sp³-hybridized carbons (Fsp3) is 0.111. The van der Waals surface area contributed by atoms with Gasteiger partial charge in [-0.1, -0.05) is 42.5 Å². The predicted molar refractivity (Wildman–Crippen MR) is 129 cm³/mol. The molecule has 5 nitrogen and oxygen atoms in total. The van der Waals surface area contributed by atoms with Crippen molar-refractivity contribution in [2.24, 2.45) is 0 Å². The van der Waals surface area contributed by atoms with E-state index < -0.39 is 17.6 Å². The number of rotatable bonds is 7. The molecule has 1 heterocycles. The first-order valence-corrected chi connectivity index (χ1v) is 10.8. The summed E-state index contributed by atoms with van der Waals surface area (Å²) in [5, 5.41) is 2.68. The van der Waals surface area contributed by atoms with Crippen LogP contribution in [-0.4, -0.2) is 17.5 Å². The highest BCUT2D eigenvalue weighted by atomic mass is 19.4. The minimum absolute atomic E-state index is 0.0685. The van der Waals surface area contributed by atoms with Crippen LogP contribution >= 0.6 is 0 Å². The normalized spacial score (nSPS) is 11.2. The Balaban J connectivity index is 1.47. The molecular formula is C27H22F3N3O2. The molecule has 1 aromatic heterocycles. The van der Waals surface area contributed by atoms with Crippen LogP contribution in [0.1, 0.15) is 21.6 Å². The Morgan fingerprint density at radius 2 is 1.66 bits per heavy atom. The van der Waals surface area contributed by atoms with Crippen molar-refractivity contribution in [3.05, 3.63) is 108 Å². The van der Waals surface area contributed by atoms with Crippen molar-refractivity contribution in [1.29, 1.82) is 0 Å². The SMILES string of the molecule is Nc1cccc(CCOc2ccc(NC(=O)c3cc(C(F)(F)F)ccc3-c3ccccc3)cc2)n1. The van der Waals surface area contributed by atoms with Crippen molar-refractivity contribution in [3.8, 4) is 16.9 Å². The molecule has 0 atom stereocenters. The standard InChI is InChI=1S/C27H22F3N3O2/c28-27(29,30)19-9-14-23(18-5-2-1-3-6-18)24(17-19)26(34)33-21-10-12-22(13-11-21)35-16-15-20-7-4-8-25(31)32-20/h1-14,17H,15-16H2,(H2,31,32)(H,33,34). The number of nitrogen functional groups attached to an aromatic ring is 1. The molecule has 0 aliphatic heterocycles. The van der Waals surface area contributed by atoms with E-state index in [1.165, 1.54) is 6.07 Å². The van der Waals surface area contributed by atoms with Crippen molar-refractivity contribution < 1.29 is 22.7 Å². The minimum Gasteiger partial charge on any atom is -0.493 e. The van der Waals surface area contributed by atoms with Crippen LogP contribution in [-0.2, 0) is 12.6 Å². The number of alkyl halides is 3. The van der Waals surface area contributed by atoms with Gasteiger partial charge >= 0.3 is 6.18 Å². The fourth-order valence-corrected chi connectivity index (χ4v) is 3.52. The zero-order valence-electron chi connectivity index (χ0n) is 18.5. The van der Waals surface area contributed by atoms with E-state index in [2.05, 4.69) is 10.3 Å². The van der Waals surface area contributed by atoms with Crippen molar-refractivity contribution in [3.63, 3.8) is 0 Å². The van der Waals surface area contributed by atoms with Crippen LogP contribution in [0.15, 0.2) is 91.0 Å². The van der Waals surface area contributed by atoms with E-state index in [1.54, 1.807) is 60.7 Å². The molecule has 0 saturated carbocycles. The van der Waals surface area contributed by atoms with E-state index in [-0.39, 0.29) is 5.56 Å². The average molecular weight is 477 g/mol. The van der Waals surface area contributed by atoms with Crippen LogP contribution in [0, 0.1) is 0 Å². The van der Waals surface area contributed by atoms with Crippen LogP contribution in [0.2, 0.25) is 0 Å². The summed E-state index contributed by atoms with van der Waals surface area (Å²) in [5.41, 5.74) is 7.00. The Bertz CT molecular complexity index is 1310. The lowest BCUT2D eigenvalue weighted by Gasteiger charge is -2.14. The Morgan fingerprint density at radius 3 is 2.34 bits per heavy atom. The highest BCUT2D eigenvalue weighted by Gasteiger charge is 2.32. The maximum atomic E-state index is 13.3. The summed E-state index contributed by atoms with van der Waals surface area (Å²) >= 11 is 0. The van der Waals surface area contributed by atoms with Gasteiger partial charge in [0.25, 0.3) is 5.91 Å². The van der Waals surface area contributed by atoms with E-state index in [1.807, 2.05) is 12.1 Å². The number of nitrogens with zero attached hydrogens (tertiary/aromatic N) is 1. The van der Waals surface area contributed by atoms with Gasteiger partial charge in [-0.2, -0.15) is 13.2 Å². The number of benzene rings is 3. The first kappa shape index (κ1) is 23.8. The number of ether oxygens (including phenoxy) is 1. The zero-order chi connectivity index (χ0) is 24.8. The van der Waals surface area contributed by atoms with E-state index in [0.717, 1.165) is 17.8 Å². The number of carbonyl (C=O) groups excluding carboxylic acids is 1. The molecule has 0 aliphatic carbocycles. The van der Waals surface area contributed by atoms with Crippen LogP contribution in [0.5, 0.6) is 5.75 Å². The molecule has 0 fully saturated rings. The summed E-state index contributed by atoms with van der Waals surface area (Å²) in [4.78, 5) is 17.2. The van der Waals surface area contributed by atoms with E-state index in [0.29, 0.717) is 41.4 Å². The molecule has 0 radical (unpaired) electrons. The Kier molecular flexibility index (Phi) is 7.01. The molecule has 4 aromatic rings. The molecule has 1 amide bonds. The molecular weight excluding hydrogens is 455 g/mol. The van der Waals surface area contributed by atoms with Gasteiger partial charge in [0.15, 0.2) is 0 Å². The van der Waals surface area contributed by atoms with Gasteiger partial charge in [0.05, 0.1) is 12.2 Å². The van der Waals surface area contributed by atoms with Crippen LogP contribution in [0.4, 0.5) is 24.7 Å². The number of halogens is 3. The number of hydrogen-bond donors (Lipinski definition) is 2. The maximum Gasteiger partial charge on any atom is 0.416 e. The van der Waals surface area contributed by atoms with E-state index in [9.17, 15) is 18.0 Å². The van der Waals surface area contributed by atoms with Gasteiger partial charge in [0.2, 0.25) is 0 Å². The highest BCUT2D eigenvalue weighted by molar-refractivity contribution is 6.08. The molecule has 0 unspecified atom stereocenters. The summed E-state index contributed by atoms with van der Waals surface area (Å²) in [6, 6.07) is 24.0. The van der Waals surface area contributed by atoms with Gasteiger partial charge in [0, 0.05) is 23.4 Å². The maximum absolute atomic E-state index is 13.3. The lowest BCUT2D eigenvalue weighted by Crippen LogP contribution is -2.15. The summed E-state index contributed by atoms with van der Waals surface area (Å²) in [7, 11) is 0. The number of anilines is 2. The van der Waals surface area contributed by atoms with Crippen molar-refractivity contribution >= 4 is 17.4 Å². The van der Waals surface area contributed by atoms with Gasteiger partial charge in [-0.3, -0.25) is 4.79 Å². The van der Waals surface area contributed by atoms with E-state index in [4.69, 9.17) is 10.5 Å². The number of carbonyl (C=O) groups is 1. The van der Waals surface area contributed by atoms with Crippen LogP contribution < -0.4 is 15.8 Å². The average Bonchev–Trinajstić information content (AvgIpc) is 2.85. The Morgan fingerprint density at radius 1 is 0.914 bits per heavy atom. The molecule has 0 bridgehead atoms.